The summed E-state index contributed by atoms with van der Waals surface area (Å²) in [7, 11) is 0. The fourth-order valence-electron chi connectivity index (χ4n) is 2.64. The summed E-state index contributed by atoms with van der Waals surface area (Å²) >= 11 is 0. The molecule has 0 unspecified atom stereocenters. The van der Waals surface area contributed by atoms with E-state index in [-0.39, 0.29) is 19.1 Å². The summed E-state index contributed by atoms with van der Waals surface area (Å²) in [5.41, 5.74) is 0.251. The molecule has 0 aromatic heterocycles. The highest BCUT2D eigenvalue weighted by Crippen LogP contribution is 2.20. The van der Waals surface area contributed by atoms with E-state index < -0.39 is 23.7 Å². The van der Waals surface area contributed by atoms with Crippen LogP contribution in [0.25, 0.3) is 0 Å². The molecule has 0 aliphatic carbocycles. The molecule has 0 bridgehead atoms. The number of nitrogens with one attached hydrogen (secondary N) is 1. The quantitative estimate of drug-likeness (QED) is 0.812. The summed E-state index contributed by atoms with van der Waals surface area (Å²) in [5, 5.41) is 2.55. The molecule has 0 spiro atoms. The number of likely N-dealkylation sites (tertiary alicyclic amines) is 1. The maximum Gasteiger partial charge on any atom is 0.410 e. The number of esters is 1. The Kier molecular flexibility index (Phi) is 6.60. The number of carbonyl (C=O) groups is 3. The van der Waals surface area contributed by atoms with Crippen molar-refractivity contribution >= 4 is 18.0 Å². The zero-order valence-electron chi connectivity index (χ0n) is 15.5. The second-order valence-corrected chi connectivity index (χ2v) is 7.20. The number of hydrogen-bond donors (Lipinski definition) is 1. The van der Waals surface area contributed by atoms with Gasteiger partial charge in [-0.25, -0.2) is 4.79 Å². The van der Waals surface area contributed by atoms with Crippen LogP contribution in [0.15, 0.2) is 30.3 Å². The molecule has 2 amide bonds. The minimum Gasteiger partial charge on any atom is -0.460 e. The summed E-state index contributed by atoms with van der Waals surface area (Å²) in [4.78, 5) is 37.8. The lowest BCUT2D eigenvalue weighted by Crippen LogP contribution is -2.48. The van der Waals surface area contributed by atoms with Crippen LogP contribution >= 0.6 is 0 Å². The Bertz CT molecular complexity index is 639. The van der Waals surface area contributed by atoms with E-state index in [9.17, 15) is 14.4 Å². The number of carbonyl (C=O) groups excluding carboxylic acids is 3. The number of amides is 2. The first-order valence-corrected chi connectivity index (χ1v) is 8.73. The maximum absolute atomic E-state index is 12.3. The molecule has 1 aromatic rings. The van der Waals surface area contributed by atoms with Gasteiger partial charge in [0.15, 0.2) is 0 Å². The van der Waals surface area contributed by atoms with Crippen LogP contribution in [0.5, 0.6) is 0 Å². The van der Waals surface area contributed by atoms with Crippen molar-refractivity contribution in [1.82, 2.24) is 10.2 Å². The standard InChI is InChI=1S/C19H26N2O5/c1-19(2,3)26-18(24)21-11-7-10-15(21)17(23)20-12-16(22)25-13-14-8-5-4-6-9-14/h4-6,8-9,15H,7,10-13H2,1-3H3,(H,20,23)/t15-/m0/s1. The fraction of sp³-hybridized carbons (Fsp3) is 0.526. The number of rotatable bonds is 5. The summed E-state index contributed by atoms with van der Waals surface area (Å²) in [6.07, 6.45) is 0.752. The lowest BCUT2D eigenvalue weighted by Gasteiger charge is -2.27. The van der Waals surface area contributed by atoms with Crippen molar-refractivity contribution in [1.29, 1.82) is 0 Å². The van der Waals surface area contributed by atoms with Crippen molar-refractivity contribution in [3.8, 4) is 0 Å². The van der Waals surface area contributed by atoms with E-state index in [4.69, 9.17) is 9.47 Å². The molecule has 0 saturated carbocycles. The van der Waals surface area contributed by atoms with E-state index in [1.165, 1.54) is 4.90 Å². The van der Waals surface area contributed by atoms with Crippen molar-refractivity contribution < 1.29 is 23.9 Å². The Morgan fingerprint density at radius 1 is 1.19 bits per heavy atom. The summed E-state index contributed by atoms with van der Waals surface area (Å²) in [6.45, 7) is 5.72. The molecule has 2 rings (SSSR count). The Morgan fingerprint density at radius 3 is 2.54 bits per heavy atom. The topological polar surface area (TPSA) is 84.9 Å². The van der Waals surface area contributed by atoms with E-state index in [0.29, 0.717) is 13.0 Å². The molecule has 1 aromatic carbocycles. The molecule has 7 heteroatoms. The number of hydrogen-bond acceptors (Lipinski definition) is 5. The van der Waals surface area contributed by atoms with Gasteiger partial charge in [-0.05, 0) is 39.2 Å². The van der Waals surface area contributed by atoms with Crippen molar-refractivity contribution in [3.05, 3.63) is 35.9 Å². The first-order valence-electron chi connectivity index (χ1n) is 8.73. The molecular weight excluding hydrogens is 336 g/mol. The average Bonchev–Trinajstić information content (AvgIpc) is 3.07. The van der Waals surface area contributed by atoms with E-state index in [1.54, 1.807) is 20.8 Å². The lowest BCUT2D eigenvalue weighted by molar-refractivity contribution is -0.145. The van der Waals surface area contributed by atoms with Crippen LogP contribution in [-0.4, -0.2) is 47.6 Å². The van der Waals surface area contributed by atoms with Gasteiger partial charge in [0.2, 0.25) is 5.91 Å². The van der Waals surface area contributed by atoms with Crippen LogP contribution in [0, 0.1) is 0 Å². The van der Waals surface area contributed by atoms with E-state index in [0.717, 1.165) is 12.0 Å². The molecule has 142 valence electrons. The molecule has 1 heterocycles. The Balaban J connectivity index is 1.79. The third-order valence-electron chi connectivity index (χ3n) is 3.83. The van der Waals surface area contributed by atoms with Gasteiger partial charge in [-0.15, -0.1) is 0 Å². The largest absolute Gasteiger partial charge is 0.460 e. The van der Waals surface area contributed by atoms with Crippen molar-refractivity contribution in [3.63, 3.8) is 0 Å². The summed E-state index contributed by atoms with van der Waals surface area (Å²) in [6, 6.07) is 8.68. The average molecular weight is 362 g/mol. The van der Waals surface area contributed by atoms with Gasteiger partial charge in [0.05, 0.1) is 0 Å². The number of nitrogens with zero attached hydrogens (tertiary/aromatic N) is 1. The Morgan fingerprint density at radius 2 is 1.88 bits per heavy atom. The zero-order chi connectivity index (χ0) is 19.2. The highest BCUT2D eigenvalue weighted by Gasteiger charge is 2.36. The zero-order valence-corrected chi connectivity index (χ0v) is 15.5. The molecule has 1 fully saturated rings. The number of ether oxygens (including phenoxy) is 2. The van der Waals surface area contributed by atoms with Crippen LogP contribution < -0.4 is 5.32 Å². The molecule has 0 radical (unpaired) electrons. The van der Waals surface area contributed by atoms with Crippen molar-refractivity contribution in [2.24, 2.45) is 0 Å². The molecule has 1 saturated heterocycles. The molecule has 1 atom stereocenters. The highest BCUT2D eigenvalue weighted by atomic mass is 16.6. The van der Waals surface area contributed by atoms with Crippen LogP contribution in [0.1, 0.15) is 39.2 Å². The summed E-state index contributed by atoms with van der Waals surface area (Å²) in [5.74, 6) is -0.894. The van der Waals surface area contributed by atoms with E-state index >= 15 is 0 Å². The van der Waals surface area contributed by atoms with Crippen molar-refractivity contribution in [2.45, 2.75) is 51.9 Å². The molecule has 1 N–H and O–H groups in total. The third kappa shape index (κ3) is 6.06. The van der Waals surface area contributed by atoms with Gasteiger partial charge in [0.1, 0.15) is 24.8 Å². The van der Waals surface area contributed by atoms with Gasteiger partial charge in [-0.1, -0.05) is 30.3 Å². The predicted molar refractivity (Wildman–Crippen MR) is 95.2 cm³/mol. The second-order valence-electron chi connectivity index (χ2n) is 7.20. The number of benzene rings is 1. The van der Waals surface area contributed by atoms with Crippen LogP contribution in [0.4, 0.5) is 4.79 Å². The van der Waals surface area contributed by atoms with Gasteiger partial charge in [-0.2, -0.15) is 0 Å². The first-order chi connectivity index (χ1) is 12.3. The maximum atomic E-state index is 12.3. The third-order valence-corrected chi connectivity index (χ3v) is 3.83. The minimum atomic E-state index is -0.623. The van der Waals surface area contributed by atoms with Crippen LogP contribution in [-0.2, 0) is 25.7 Å². The van der Waals surface area contributed by atoms with Gasteiger partial charge in [0.25, 0.3) is 0 Å². The normalized spacial score (nSPS) is 16.9. The second kappa shape index (κ2) is 8.69. The monoisotopic (exact) mass is 362 g/mol. The molecule has 1 aliphatic heterocycles. The molecule has 7 nitrogen and oxygen atoms in total. The fourth-order valence-corrected chi connectivity index (χ4v) is 2.64. The highest BCUT2D eigenvalue weighted by molar-refractivity contribution is 5.88. The predicted octanol–water partition coefficient (Wildman–Crippen LogP) is 2.25. The van der Waals surface area contributed by atoms with E-state index in [2.05, 4.69) is 5.32 Å². The van der Waals surface area contributed by atoms with Crippen LogP contribution in [0.3, 0.4) is 0 Å². The molecular formula is C19H26N2O5. The van der Waals surface area contributed by atoms with E-state index in [1.807, 2.05) is 30.3 Å². The smallest absolute Gasteiger partial charge is 0.410 e. The molecule has 26 heavy (non-hydrogen) atoms. The Labute approximate surface area is 153 Å². The first kappa shape index (κ1) is 19.8. The van der Waals surface area contributed by atoms with Crippen LogP contribution in [0.2, 0.25) is 0 Å². The minimum absolute atomic E-state index is 0.156. The van der Waals surface area contributed by atoms with Gasteiger partial charge in [0, 0.05) is 6.54 Å². The van der Waals surface area contributed by atoms with Gasteiger partial charge in [-0.3, -0.25) is 14.5 Å². The Hall–Kier alpha value is -2.57. The van der Waals surface area contributed by atoms with Gasteiger partial charge >= 0.3 is 12.1 Å². The van der Waals surface area contributed by atoms with Crippen molar-refractivity contribution in [2.75, 3.05) is 13.1 Å². The molecule has 1 aliphatic rings. The summed E-state index contributed by atoms with van der Waals surface area (Å²) < 4.78 is 10.5. The lowest BCUT2D eigenvalue weighted by atomic mass is 10.2. The van der Waals surface area contributed by atoms with Gasteiger partial charge < -0.3 is 14.8 Å². The SMILES string of the molecule is CC(C)(C)OC(=O)N1CCC[C@H]1C(=O)NCC(=O)OCc1ccccc1.